The lowest BCUT2D eigenvalue weighted by atomic mass is 9.49. The van der Waals surface area contributed by atoms with Gasteiger partial charge in [0.15, 0.2) is 5.82 Å². The van der Waals surface area contributed by atoms with Gasteiger partial charge in [-0.1, -0.05) is 122 Å². The fourth-order valence-electron chi connectivity index (χ4n) is 17.1. The third kappa shape index (κ3) is 5.40. The normalized spacial score (nSPS) is 29.4. The first-order chi connectivity index (χ1) is 32.9. The number of hydrogen-bond acceptors (Lipinski definition) is 5. The molecule has 8 aromatic rings. The van der Waals surface area contributed by atoms with Crippen molar-refractivity contribution in [3.63, 3.8) is 0 Å². The largest absolute Gasteiger partial charge is 0.456 e. The highest BCUT2D eigenvalue weighted by atomic mass is 16.3. The lowest BCUT2D eigenvalue weighted by Crippen LogP contribution is -2.49. The molecule has 6 bridgehead atoms. The number of aromatic nitrogens is 3. The molecule has 8 aliphatic rings. The Hall–Kier alpha value is -6.07. The van der Waals surface area contributed by atoms with Crippen molar-refractivity contribution in [1.82, 2.24) is 15.0 Å². The molecule has 6 aromatic carbocycles. The molecule has 67 heavy (non-hydrogen) atoms. The maximum absolute atomic E-state index is 6.94. The topological polar surface area (TPSA) is 55.1 Å². The van der Waals surface area contributed by atoms with Crippen LogP contribution < -0.4 is 4.90 Å². The highest BCUT2D eigenvalue weighted by Crippen LogP contribution is 2.66. The average Bonchev–Trinajstić information content (AvgIpc) is 4.06. The van der Waals surface area contributed by atoms with Crippen LogP contribution in [0.25, 0.3) is 33.3 Å². The van der Waals surface area contributed by atoms with E-state index in [1.165, 1.54) is 122 Å². The molecular formula is C62H58N4O. The van der Waals surface area contributed by atoms with Crippen LogP contribution in [0.5, 0.6) is 0 Å². The number of anilines is 3. The molecule has 0 spiro atoms. The molecule has 0 radical (unpaired) electrons. The Kier molecular flexibility index (Phi) is 8.14. The summed E-state index contributed by atoms with van der Waals surface area (Å²) in [6, 6.07) is 49.3. The molecule has 332 valence electrons. The van der Waals surface area contributed by atoms with Gasteiger partial charge in [-0.3, -0.25) is 0 Å². The Balaban J connectivity index is 0.913. The quantitative estimate of drug-likeness (QED) is 0.167. The van der Waals surface area contributed by atoms with Crippen molar-refractivity contribution in [1.29, 1.82) is 0 Å². The molecule has 0 amide bonds. The summed E-state index contributed by atoms with van der Waals surface area (Å²) in [5.74, 6) is 8.27. The average molecular weight is 875 g/mol. The zero-order valence-electron chi connectivity index (χ0n) is 38.8. The first kappa shape index (κ1) is 39.0. The fourth-order valence-corrected chi connectivity index (χ4v) is 17.1. The van der Waals surface area contributed by atoms with E-state index in [2.05, 4.69) is 152 Å². The number of para-hydroxylation sites is 4. The van der Waals surface area contributed by atoms with Crippen LogP contribution in [-0.4, -0.2) is 15.0 Å². The van der Waals surface area contributed by atoms with Crippen LogP contribution in [0, 0.1) is 49.4 Å². The van der Waals surface area contributed by atoms with E-state index in [1.54, 1.807) is 0 Å². The third-order valence-corrected chi connectivity index (χ3v) is 19.0. The van der Waals surface area contributed by atoms with Crippen LogP contribution in [0.2, 0.25) is 0 Å². The van der Waals surface area contributed by atoms with Gasteiger partial charge in [-0.15, -0.1) is 0 Å². The Labute approximate surface area is 394 Å². The summed E-state index contributed by atoms with van der Waals surface area (Å²) in [6.07, 6.45) is 16.1. The standard InChI is InChI=1S/C62H58N4O/c1-37-26-44(57-63-58(60-31-39-28-40(32-60)30-41(29-39)33-60)65-59(64-57)61-34-42-14-12-15-43(35-61)48(42)36-61)27-38(2)55(37)66-52-23-9-7-20-49(52)62(45-16-4-3-5-17-45,50-21-8-10-24-53(50)66)51-22-13-19-47-46-18-6-11-25-54(46)67-56(47)51/h3-11,13,16-27,39-43,48H,12,14-15,28-36H2,1-2H3. The SMILES string of the molecule is Cc1cc(-c2nc(C34CC5CC(CC(C5)C3)C4)nc(C34CC5CCCC(C3)C5C4)n2)cc(C)c1N1c2ccccc2C(c2ccccc2)(c2cccc3c2oc2ccccc23)c2ccccc21. The first-order valence-corrected chi connectivity index (χ1v) is 25.7. The predicted octanol–water partition coefficient (Wildman–Crippen LogP) is 15.2. The van der Waals surface area contributed by atoms with E-state index >= 15 is 0 Å². The number of hydrogen-bond donors (Lipinski definition) is 0. The van der Waals surface area contributed by atoms with Gasteiger partial charge in [-0.25, -0.2) is 15.0 Å². The van der Waals surface area contributed by atoms with Crippen LogP contribution in [0.3, 0.4) is 0 Å². The van der Waals surface area contributed by atoms with E-state index in [1.807, 2.05) is 0 Å². The van der Waals surface area contributed by atoms with Crippen LogP contribution >= 0.6 is 0 Å². The van der Waals surface area contributed by atoms with Gasteiger partial charge in [-0.2, -0.15) is 0 Å². The lowest BCUT2D eigenvalue weighted by molar-refractivity contribution is -0.00971. The summed E-state index contributed by atoms with van der Waals surface area (Å²) in [5, 5.41) is 2.28. The van der Waals surface area contributed by atoms with Crippen molar-refractivity contribution in [2.24, 2.45) is 35.5 Å². The van der Waals surface area contributed by atoms with Crippen molar-refractivity contribution in [3.8, 4) is 11.4 Å². The number of furan rings is 1. The lowest BCUT2D eigenvalue weighted by Gasteiger charge is -2.56. The number of rotatable bonds is 6. The minimum atomic E-state index is -0.674. The van der Waals surface area contributed by atoms with Gasteiger partial charge in [0.25, 0.3) is 0 Å². The van der Waals surface area contributed by atoms with E-state index < -0.39 is 5.41 Å². The highest BCUT2D eigenvalue weighted by molar-refractivity contribution is 6.07. The van der Waals surface area contributed by atoms with Gasteiger partial charge >= 0.3 is 0 Å². The summed E-state index contributed by atoms with van der Waals surface area (Å²) in [4.78, 5) is 19.7. The van der Waals surface area contributed by atoms with E-state index in [0.717, 1.165) is 86.0 Å². The van der Waals surface area contributed by atoms with Gasteiger partial charge in [0, 0.05) is 32.7 Å². The van der Waals surface area contributed by atoms with Crippen LogP contribution in [0.4, 0.5) is 17.1 Å². The van der Waals surface area contributed by atoms with E-state index in [-0.39, 0.29) is 10.8 Å². The summed E-state index contributed by atoms with van der Waals surface area (Å²) in [7, 11) is 0. The molecule has 3 heterocycles. The number of aryl methyl sites for hydroxylation is 2. The molecule has 0 N–H and O–H groups in total. The number of benzene rings is 6. The molecule has 2 atom stereocenters. The molecule has 7 aliphatic carbocycles. The Bertz CT molecular complexity index is 3200. The molecular weight excluding hydrogens is 817 g/mol. The van der Waals surface area contributed by atoms with Crippen LogP contribution in [-0.2, 0) is 16.2 Å². The van der Waals surface area contributed by atoms with E-state index in [9.17, 15) is 0 Å². The zero-order valence-corrected chi connectivity index (χ0v) is 38.8. The third-order valence-electron chi connectivity index (χ3n) is 19.0. The molecule has 5 heteroatoms. The minimum absolute atomic E-state index is 0.105. The Morgan fingerprint density at radius 3 is 1.73 bits per heavy atom. The second kappa shape index (κ2) is 14.0. The van der Waals surface area contributed by atoms with E-state index in [0.29, 0.717) is 0 Å². The van der Waals surface area contributed by atoms with Crippen LogP contribution in [0.15, 0.2) is 138 Å². The van der Waals surface area contributed by atoms with Crippen LogP contribution in [0.1, 0.15) is 122 Å². The Morgan fingerprint density at radius 1 is 0.537 bits per heavy atom. The molecule has 0 saturated heterocycles. The highest BCUT2D eigenvalue weighted by Gasteiger charge is 2.60. The van der Waals surface area contributed by atoms with Crippen molar-refractivity contribution >= 4 is 39.0 Å². The maximum Gasteiger partial charge on any atom is 0.163 e. The molecule has 7 fully saturated rings. The molecule has 2 aromatic heterocycles. The van der Waals surface area contributed by atoms with E-state index in [4.69, 9.17) is 19.4 Å². The smallest absolute Gasteiger partial charge is 0.163 e. The van der Waals surface area contributed by atoms with Crippen molar-refractivity contribution < 1.29 is 4.42 Å². The summed E-state index contributed by atoms with van der Waals surface area (Å²) in [5.41, 5.74) is 13.3. The van der Waals surface area contributed by atoms with Crippen molar-refractivity contribution in [3.05, 3.63) is 178 Å². The maximum atomic E-state index is 6.94. The second-order valence-electron chi connectivity index (χ2n) is 22.7. The number of nitrogens with zero attached hydrogens (tertiary/aromatic N) is 4. The first-order valence-electron chi connectivity index (χ1n) is 25.7. The molecule has 7 saturated carbocycles. The van der Waals surface area contributed by atoms with Gasteiger partial charge < -0.3 is 9.32 Å². The molecule has 5 nitrogen and oxygen atoms in total. The molecule has 16 rings (SSSR count). The van der Waals surface area contributed by atoms with Gasteiger partial charge in [0.2, 0.25) is 0 Å². The van der Waals surface area contributed by atoms with Gasteiger partial charge in [0.1, 0.15) is 22.8 Å². The van der Waals surface area contributed by atoms with Crippen molar-refractivity contribution in [2.45, 2.75) is 107 Å². The summed E-state index contributed by atoms with van der Waals surface area (Å²) in [6.45, 7) is 4.62. The fraction of sp³-hybridized carbons (Fsp3) is 0.371. The molecule has 2 unspecified atom stereocenters. The van der Waals surface area contributed by atoms with Crippen molar-refractivity contribution in [2.75, 3.05) is 4.90 Å². The summed E-state index contributed by atoms with van der Waals surface area (Å²) < 4.78 is 6.94. The minimum Gasteiger partial charge on any atom is -0.456 e. The van der Waals surface area contributed by atoms with Gasteiger partial charge in [-0.05, 0) is 165 Å². The zero-order chi connectivity index (χ0) is 44.2. The van der Waals surface area contributed by atoms with Gasteiger partial charge in [0.05, 0.1) is 22.5 Å². The number of fused-ring (bicyclic) bond motifs is 6. The Morgan fingerprint density at radius 2 is 1.09 bits per heavy atom. The predicted molar refractivity (Wildman–Crippen MR) is 268 cm³/mol. The summed E-state index contributed by atoms with van der Waals surface area (Å²) >= 11 is 0. The second-order valence-corrected chi connectivity index (χ2v) is 22.7. The monoisotopic (exact) mass is 874 g/mol. The molecule has 1 aliphatic heterocycles.